The lowest BCUT2D eigenvalue weighted by molar-refractivity contribution is -0.870. The molecule has 1 unspecified atom stereocenters. The van der Waals surface area contributed by atoms with E-state index in [0.717, 1.165) is 77.0 Å². The normalized spacial score (nSPS) is 14.1. The Hall–Kier alpha value is -2.33. The van der Waals surface area contributed by atoms with Crippen molar-refractivity contribution in [1.82, 2.24) is 0 Å². The second-order valence-electron chi connectivity index (χ2n) is 16.5. The third kappa shape index (κ3) is 45.0. The number of phosphoric ester groups is 1. The van der Waals surface area contributed by atoms with Crippen LogP contribution in [-0.4, -0.2) is 86.6 Å². The monoisotopic (exact) mass is 853 g/mol. The van der Waals surface area contributed by atoms with Gasteiger partial charge in [-0.1, -0.05) is 138 Å². The Bertz CT molecular complexity index is 1190. The molecule has 0 heterocycles. The number of ether oxygens (including phenoxy) is 2. The molecule has 0 aliphatic carbocycles. The Morgan fingerprint density at radius 2 is 1.00 bits per heavy atom. The summed E-state index contributed by atoms with van der Waals surface area (Å²) in [5.41, 5.74) is 0. The van der Waals surface area contributed by atoms with Crippen molar-refractivity contribution in [2.45, 2.75) is 180 Å². The van der Waals surface area contributed by atoms with Crippen LogP contribution in [0.25, 0.3) is 0 Å². The van der Waals surface area contributed by atoms with Gasteiger partial charge in [0, 0.05) is 19.4 Å². The maximum atomic E-state index is 12.7. The lowest BCUT2D eigenvalue weighted by Gasteiger charge is -2.24. The fourth-order valence-electron chi connectivity index (χ4n) is 5.92. The number of esters is 2. The van der Waals surface area contributed by atoms with Gasteiger partial charge in [-0.25, -0.2) is 4.57 Å². The molecule has 0 bridgehead atoms. The first kappa shape index (κ1) is 56.7. The van der Waals surface area contributed by atoms with Crippen LogP contribution in [0.5, 0.6) is 0 Å². The average molecular weight is 853 g/mol. The molecule has 2 N–H and O–H groups in total. The van der Waals surface area contributed by atoms with Crippen LogP contribution in [0.3, 0.4) is 0 Å². The van der Waals surface area contributed by atoms with Crippen molar-refractivity contribution >= 4 is 19.8 Å². The topological polar surface area (TPSA) is 129 Å². The summed E-state index contributed by atoms with van der Waals surface area (Å²) in [6.07, 6.45) is 47.2. The third-order valence-corrected chi connectivity index (χ3v) is 10.6. The van der Waals surface area contributed by atoms with Crippen LogP contribution in [0.4, 0.5) is 0 Å². The second kappa shape index (κ2) is 41.0. The van der Waals surface area contributed by atoms with Crippen LogP contribution >= 0.6 is 7.82 Å². The van der Waals surface area contributed by atoms with E-state index in [1.165, 1.54) is 64.2 Å². The Morgan fingerprint density at radius 1 is 0.559 bits per heavy atom. The molecule has 0 spiro atoms. The summed E-state index contributed by atoms with van der Waals surface area (Å²) in [7, 11) is 1.42. The van der Waals surface area contributed by atoms with Crippen LogP contribution in [-0.2, 0) is 32.7 Å². The number of hydrogen-bond acceptors (Lipinski definition) is 8. The van der Waals surface area contributed by atoms with Gasteiger partial charge in [0.25, 0.3) is 0 Å². The van der Waals surface area contributed by atoms with Gasteiger partial charge in [0.2, 0.25) is 0 Å². The van der Waals surface area contributed by atoms with Gasteiger partial charge in [-0.05, 0) is 83.5 Å². The summed E-state index contributed by atoms with van der Waals surface area (Å²) < 4.78 is 34.3. The molecule has 0 rings (SSSR count). The molecular weight excluding hydrogens is 765 g/mol. The number of phosphoric acid groups is 1. The second-order valence-corrected chi connectivity index (χ2v) is 18.0. The van der Waals surface area contributed by atoms with E-state index in [1.54, 1.807) is 0 Å². The van der Waals surface area contributed by atoms with Crippen molar-refractivity contribution in [2.75, 3.05) is 54.1 Å². The Kier molecular flexibility index (Phi) is 39.4. The van der Waals surface area contributed by atoms with Gasteiger partial charge in [0.1, 0.15) is 19.8 Å². The molecule has 342 valence electrons. The molecule has 11 heteroatoms. The van der Waals surface area contributed by atoms with E-state index >= 15 is 0 Å². The zero-order chi connectivity index (χ0) is 43.6. The Labute approximate surface area is 360 Å². The fourth-order valence-corrected chi connectivity index (χ4v) is 6.66. The largest absolute Gasteiger partial charge is 0.472 e. The SMILES string of the molecule is CCCCCCCC/C=C\CCCCCCCCCC(=O)OC[C@H](COP(=O)(O)OCC[N+](C)(C)C)OC(=O)CCC/C=C\C/C=C\C/C=C\C/C=C\CCCCCO. The molecule has 0 saturated carbocycles. The van der Waals surface area contributed by atoms with Gasteiger partial charge in [-0.15, -0.1) is 0 Å². The van der Waals surface area contributed by atoms with Gasteiger partial charge < -0.3 is 24.0 Å². The highest BCUT2D eigenvalue weighted by Gasteiger charge is 2.27. The van der Waals surface area contributed by atoms with E-state index in [0.29, 0.717) is 23.9 Å². The molecule has 0 aromatic carbocycles. The lowest BCUT2D eigenvalue weighted by Crippen LogP contribution is -2.37. The van der Waals surface area contributed by atoms with Crippen molar-refractivity contribution in [3.63, 3.8) is 0 Å². The average Bonchev–Trinajstić information content (AvgIpc) is 3.19. The summed E-state index contributed by atoms with van der Waals surface area (Å²) in [5, 5.41) is 8.81. The van der Waals surface area contributed by atoms with Crippen molar-refractivity contribution in [3.05, 3.63) is 60.8 Å². The maximum Gasteiger partial charge on any atom is 0.472 e. The van der Waals surface area contributed by atoms with Crippen LogP contribution in [0.1, 0.15) is 174 Å². The van der Waals surface area contributed by atoms with Gasteiger partial charge >= 0.3 is 19.8 Å². The Balaban J connectivity index is 4.43. The van der Waals surface area contributed by atoms with E-state index in [4.69, 9.17) is 23.6 Å². The third-order valence-electron chi connectivity index (χ3n) is 9.57. The fraction of sp³-hybridized carbons (Fsp3) is 0.750. The van der Waals surface area contributed by atoms with Crippen LogP contribution in [0, 0.1) is 0 Å². The quantitative estimate of drug-likeness (QED) is 0.0203. The Morgan fingerprint density at radius 3 is 1.53 bits per heavy atom. The number of aliphatic hydroxyl groups is 1. The highest BCUT2D eigenvalue weighted by atomic mass is 31.2. The first-order valence-electron chi connectivity index (χ1n) is 23.1. The van der Waals surface area contributed by atoms with Gasteiger partial charge in [-0.2, -0.15) is 0 Å². The molecule has 0 aliphatic heterocycles. The number of likely N-dealkylation sites (N-methyl/N-ethyl adjacent to an activating group) is 1. The van der Waals surface area contributed by atoms with E-state index in [-0.39, 0.29) is 32.7 Å². The zero-order valence-electron chi connectivity index (χ0n) is 37.9. The predicted octanol–water partition coefficient (Wildman–Crippen LogP) is 12.2. The van der Waals surface area contributed by atoms with Crippen molar-refractivity contribution in [3.8, 4) is 0 Å². The number of nitrogens with zero attached hydrogens (tertiary/aromatic N) is 1. The number of unbranched alkanes of at least 4 members (excludes halogenated alkanes) is 17. The number of rotatable bonds is 42. The molecule has 10 nitrogen and oxygen atoms in total. The van der Waals surface area contributed by atoms with Gasteiger partial charge in [0.15, 0.2) is 6.10 Å². The van der Waals surface area contributed by atoms with Crippen LogP contribution in [0.2, 0.25) is 0 Å². The molecule has 0 saturated heterocycles. The summed E-state index contributed by atoms with van der Waals surface area (Å²) in [6.45, 7) is 2.34. The number of hydrogen-bond donors (Lipinski definition) is 2. The molecule has 59 heavy (non-hydrogen) atoms. The van der Waals surface area contributed by atoms with Crippen LogP contribution in [0.15, 0.2) is 60.8 Å². The van der Waals surface area contributed by atoms with Crippen molar-refractivity contribution < 1.29 is 47.2 Å². The van der Waals surface area contributed by atoms with Crippen molar-refractivity contribution in [2.24, 2.45) is 0 Å². The highest BCUT2D eigenvalue weighted by molar-refractivity contribution is 7.47. The van der Waals surface area contributed by atoms with Crippen molar-refractivity contribution in [1.29, 1.82) is 0 Å². The lowest BCUT2D eigenvalue weighted by atomic mass is 10.1. The first-order chi connectivity index (χ1) is 28.5. The predicted molar refractivity (Wildman–Crippen MR) is 244 cm³/mol. The zero-order valence-corrected chi connectivity index (χ0v) is 38.8. The molecule has 0 aliphatic rings. The molecule has 0 fully saturated rings. The molecule has 0 aromatic rings. The maximum absolute atomic E-state index is 12.7. The van der Waals surface area contributed by atoms with E-state index in [2.05, 4.69) is 61.6 Å². The minimum atomic E-state index is -4.40. The van der Waals surface area contributed by atoms with Gasteiger partial charge in [0.05, 0.1) is 27.7 Å². The standard InChI is InChI=1S/C48H86NO9P/c1-5-6-7-8-9-10-11-12-13-15-18-21-24-27-30-33-36-39-47(51)55-44-46(45-57-59(53,54)56-43-41-49(2,3)4)58-48(52)40-37-34-31-28-25-22-19-16-14-17-20-23-26-29-32-35-38-42-50/h12-14,17,19,22-23,26,28,31,46,50H,5-11,15-16,18,20-21,24-25,27,29-30,32-45H2,1-4H3/p+1/b13-12-,17-14-,22-19-,26-23-,31-28-/t46-/m1/s1. The number of carbonyl (C=O) groups is 2. The number of carbonyl (C=O) groups excluding carboxylic acids is 2. The molecular formula is C48H87NO9P+. The van der Waals surface area contributed by atoms with E-state index < -0.39 is 32.5 Å². The van der Waals surface area contributed by atoms with E-state index in [9.17, 15) is 19.0 Å². The minimum Gasteiger partial charge on any atom is -0.462 e. The summed E-state index contributed by atoms with van der Waals surface area (Å²) in [5.74, 6) is -0.885. The first-order valence-corrected chi connectivity index (χ1v) is 24.6. The summed E-state index contributed by atoms with van der Waals surface area (Å²) >= 11 is 0. The number of allylic oxidation sites excluding steroid dienone is 10. The molecule has 0 radical (unpaired) electrons. The number of aliphatic hydroxyl groups excluding tert-OH is 1. The highest BCUT2D eigenvalue weighted by Crippen LogP contribution is 2.43. The minimum absolute atomic E-state index is 0.0137. The molecule has 2 atom stereocenters. The summed E-state index contributed by atoms with van der Waals surface area (Å²) in [6, 6.07) is 0. The summed E-state index contributed by atoms with van der Waals surface area (Å²) in [4.78, 5) is 35.4. The molecule has 0 amide bonds. The van der Waals surface area contributed by atoms with E-state index in [1.807, 2.05) is 27.2 Å². The number of quaternary nitrogens is 1. The van der Waals surface area contributed by atoms with Gasteiger partial charge in [-0.3, -0.25) is 18.6 Å². The molecule has 0 aromatic heterocycles. The smallest absolute Gasteiger partial charge is 0.462 e. The van der Waals surface area contributed by atoms with Crippen LogP contribution < -0.4 is 0 Å².